The number of carbonyl (C=O) groups excluding carboxylic acids is 1. The van der Waals surface area contributed by atoms with Gasteiger partial charge in [-0.1, -0.05) is 22.0 Å². The highest BCUT2D eigenvalue weighted by atomic mass is 79.9. The van der Waals surface area contributed by atoms with E-state index in [2.05, 4.69) is 26.3 Å². The molecule has 0 saturated heterocycles. The minimum absolute atomic E-state index is 0.274. The first-order valence-corrected chi connectivity index (χ1v) is 8.93. The van der Waals surface area contributed by atoms with Crippen LogP contribution in [0.15, 0.2) is 63.6 Å². The van der Waals surface area contributed by atoms with E-state index in [9.17, 15) is 4.79 Å². The van der Waals surface area contributed by atoms with Crippen LogP contribution >= 0.6 is 15.9 Å². The molecule has 0 saturated carbocycles. The molecule has 0 aliphatic heterocycles. The summed E-state index contributed by atoms with van der Waals surface area (Å²) >= 11 is 3.45. The third-order valence-corrected chi connectivity index (χ3v) is 4.78. The molecule has 4 rings (SSSR count). The van der Waals surface area contributed by atoms with Crippen molar-refractivity contribution < 1.29 is 9.21 Å². The van der Waals surface area contributed by atoms with E-state index in [0.717, 1.165) is 26.8 Å². The van der Waals surface area contributed by atoms with Crippen LogP contribution in [0.5, 0.6) is 0 Å². The average molecular weight is 410 g/mol. The molecule has 0 fully saturated rings. The molecule has 1 N–H and O–H groups in total. The number of furan rings is 1. The van der Waals surface area contributed by atoms with Gasteiger partial charge in [-0.3, -0.25) is 4.79 Å². The number of amides is 1. The van der Waals surface area contributed by atoms with Crippen LogP contribution < -0.4 is 5.32 Å². The number of hydrogen-bond donors (Lipinski definition) is 1. The summed E-state index contributed by atoms with van der Waals surface area (Å²) in [6, 6.07) is 15.2. The Morgan fingerprint density at radius 2 is 2.00 bits per heavy atom. The lowest BCUT2D eigenvalue weighted by Gasteiger charge is -2.08. The Bertz CT molecular complexity index is 1130. The van der Waals surface area contributed by atoms with Crippen molar-refractivity contribution in [1.82, 2.24) is 9.78 Å². The number of hydrogen-bond acceptors (Lipinski definition) is 3. The fraction of sp³-hybridized carbons (Fsp3) is 0.100. The minimum Gasteiger partial charge on any atom is -0.451 e. The molecule has 0 aliphatic carbocycles. The van der Waals surface area contributed by atoms with Crippen molar-refractivity contribution in [3.63, 3.8) is 0 Å². The van der Waals surface area contributed by atoms with Gasteiger partial charge in [0.15, 0.2) is 5.76 Å². The van der Waals surface area contributed by atoms with Gasteiger partial charge in [0.25, 0.3) is 5.91 Å². The largest absolute Gasteiger partial charge is 0.451 e. The van der Waals surface area contributed by atoms with Crippen LogP contribution in [0.1, 0.15) is 21.8 Å². The summed E-state index contributed by atoms with van der Waals surface area (Å²) in [5.41, 5.74) is 4.10. The standard InChI is InChI=1S/C20H16BrN3O2/c1-12-8-9-22-24(12)16-5-3-4-15(11-16)23-20(25)19-13(2)17-10-14(21)6-7-18(17)26-19/h3-11H,1-2H3,(H,23,25). The van der Waals surface area contributed by atoms with E-state index >= 15 is 0 Å². The number of rotatable bonds is 3. The van der Waals surface area contributed by atoms with Crippen LogP contribution in [0.2, 0.25) is 0 Å². The molecule has 26 heavy (non-hydrogen) atoms. The zero-order chi connectivity index (χ0) is 18.3. The summed E-state index contributed by atoms with van der Waals surface area (Å²) in [5.74, 6) is 0.0444. The lowest BCUT2D eigenvalue weighted by Crippen LogP contribution is -2.12. The second kappa shape index (κ2) is 6.46. The van der Waals surface area contributed by atoms with Crippen molar-refractivity contribution in [1.29, 1.82) is 0 Å². The van der Waals surface area contributed by atoms with Crippen LogP contribution in [0, 0.1) is 13.8 Å². The van der Waals surface area contributed by atoms with Crippen LogP contribution in [0.25, 0.3) is 16.7 Å². The summed E-state index contributed by atoms with van der Waals surface area (Å²) in [6.45, 7) is 3.87. The number of nitrogens with one attached hydrogen (secondary N) is 1. The number of benzene rings is 2. The quantitative estimate of drug-likeness (QED) is 0.502. The molecule has 2 aromatic carbocycles. The van der Waals surface area contributed by atoms with Crippen LogP contribution in [-0.4, -0.2) is 15.7 Å². The fourth-order valence-corrected chi connectivity index (χ4v) is 3.31. The molecule has 5 nitrogen and oxygen atoms in total. The molecule has 0 bridgehead atoms. The molecular formula is C20H16BrN3O2. The van der Waals surface area contributed by atoms with Crippen molar-refractivity contribution in [3.8, 4) is 5.69 Å². The monoisotopic (exact) mass is 409 g/mol. The number of aromatic nitrogens is 2. The van der Waals surface area contributed by atoms with Gasteiger partial charge in [0.05, 0.1) is 5.69 Å². The summed E-state index contributed by atoms with van der Waals surface area (Å²) < 4.78 is 8.53. The Hall–Kier alpha value is -2.86. The molecule has 0 atom stereocenters. The van der Waals surface area contributed by atoms with Gasteiger partial charge in [0, 0.05) is 33.0 Å². The Labute approximate surface area is 158 Å². The Morgan fingerprint density at radius 1 is 1.15 bits per heavy atom. The van der Waals surface area contributed by atoms with Gasteiger partial charge in [0.2, 0.25) is 0 Å². The van der Waals surface area contributed by atoms with E-state index in [1.54, 1.807) is 6.20 Å². The molecule has 2 aromatic heterocycles. The van der Waals surface area contributed by atoms with E-state index < -0.39 is 0 Å². The molecule has 0 radical (unpaired) electrons. The molecule has 6 heteroatoms. The molecule has 1 amide bonds. The first-order chi connectivity index (χ1) is 12.5. The normalized spacial score (nSPS) is 11.0. The maximum atomic E-state index is 12.7. The minimum atomic E-state index is -0.274. The summed E-state index contributed by atoms with van der Waals surface area (Å²) in [7, 11) is 0. The summed E-state index contributed by atoms with van der Waals surface area (Å²) in [6.07, 6.45) is 1.75. The zero-order valence-electron chi connectivity index (χ0n) is 14.3. The zero-order valence-corrected chi connectivity index (χ0v) is 15.9. The maximum Gasteiger partial charge on any atom is 0.291 e. The molecule has 0 aliphatic rings. The number of aryl methyl sites for hydroxylation is 2. The third-order valence-electron chi connectivity index (χ3n) is 4.29. The lowest BCUT2D eigenvalue weighted by atomic mass is 10.1. The maximum absolute atomic E-state index is 12.7. The van der Waals surface area contributed by atoms with Crippen molar-refractivity contribution in [2.45, 2.75) is 13.8 Å². The van der Waals surface area contributed by atoms with Crippen LogP contribution in [-0.2, 0) is 0 Å². The van der Waals surface area contributed by atoms with Crippen LogP contribution in [0.3, 0.4) is 0 Å². The topological polar surface area (TPSA) is 60.1 Å². The SMILES string of the molecule is Cc1c(C(=O)Nc2cccc(-n3nccc3C)c2)oc2ccc(Br)cc12. The van der Waals surface area contributed by atoms with E-state index in [4.69, 9.17) is 4.42 Å². The first kappa shape index (κ1) is 16.6. The molecule has 130 valence electrons. The van der Waals surface area contributed by atoms with E-state index in [0.29, 0.717) is 17.0 Å². The predicted octanol–water partition coefficient (Wildman–Crippen LogP) is 5.25. The van der Waals surface area contributed by atoms with Gasteiger partial charge >= 0.3 is 0 Å². The summed E-state index contributed by atoms with van der Waals surface area (Å²) in [4.78, 5) is 12.7. The van der Waals surface area contributed by atoms with Gasteiger partial charge < -0.3 is 9.73 Å². The Kier molecular flexibility index (Phi) is 4.12. The molecule has 4 aromatic rings. The second-order valence-electron chi connectivity index (χ2n) is 6.09. The van der Waals surface area contributed by atoms with Crippen molar-refractivity contribution >= 4 is 38.5 Å². The fourth-order valence-electron chi connectivity index (χ4n) is 2.95. The number of halogens is 1. The van der Waals surface area contributed by atoms with Gasteiger partial charge in [-0.05, 0) is 56.3 Å². The summed E-state index contributed by atoms with van der Waals surface area (Å²) in [5, 5.41) is 8.13. The third kappa shape index (κ3) is 2.93. The smallest absolute Gasteiger partial charge is 0.291 e. The number of carbonyl (C=O) groups is 1. The van der Waals surface area contributed by atoms with Gasteiger partial charge in [-0.25, -0.2) is 4.68 Å². The Balaban J connectivity index is 1.65. The van der Waals surface area contributed by atoms with Gasteiger partial charge in [-0.2, -0.15) is 5.10 Å². The number of anilines is 1. The lowest BCUT2D eigenvalue weighted by molar-refractivity contribution is 0.0998. The van der Waals surface area contributed by atoms with E-state index in [1.165, 1.54) is 0 Å². The number of nitrogens with zero attached hydrogens (tertiary/aromatic N) is 2. The highest BCUT2D eigenvalue weighted by Crippen LogP contribution is 2.28. The molecule has 2 heterocycles. The average Bonchev–Trinajstić information content (AvgIpc) is 3.19. The molecule has 0 unspecified atom stereocenters. The van der Waals surface area contributed by atoms with Gasteiger partial charge in [0.1, 0.15) is 5.58 Å². The predicted molar refractivity (Wildman–Crippen MR) is 105 cm³/mol. The number of fused-ring (bicyclic) bond motifs is 1. The van der Waals surface area contributed by atoms with Gasteiger partial charge in [-0.15, -0.1) is 0 Å². The van der Waals surface area contributed by atoms with Crippen LogP contribution in [0.4, 0.5) is 5.69 Å². The van der Waals surface area contributed by atoms with E-state index in [-0.39, 0.29) is 5.91 Å². The molecular weight excluding hydrogens is 394 g/mol. The van der Waals surface area contributed by atoms with Crippen molar-refractivity contribution in [2.24, 2.45) is 0 Å². The highest BCUT2D eigenvalue weighted by Gasteiger charge is 2.18. The molecule has 0 spiro atoms. The van der Waals surface area contributed by atoms with E-state index in [1.807, 2.05) is 67.1 Å². The first-order valence-electron chi connectivity index (χ1n) is 8.14. The van der Waals surface area contributed by atoms with Crippen molar-refractivity contribution in [3.05, 3.63) is 76.2 Å². The highest BCUT2D eigenvalue weighted by molar-refractivity contribution is 9.10. The second-order valence-corrected chi connectivity index (χ2v) is 7.00. The Morgan fingerprint density at radius 3 is 2.77 bits per heavy atom. The van der Waals surface area contributed by atoms with Crippen molar-refractivity contribution in [2.75, 3.05) is 5.32 Å².